The van der Waals surface area contributed by atoms with Crippen molar-refractivity contribution in [3.05, 3.63) is 22.9 Å². The lowest BCUT2D eigenvalue weighted by Crippen LogP contribution is -2.56. The molecule has 3 unspecified atom stereocenters. The minimum absolute atomic E-state index is 0.216. The van der Waals surface area contributed by atoms with Gasteiger partial charge in [-0.3, -0.25) is 9.96 Å². The van der Waals surface area contributed by atoms with E-state index in [2.05, 4.69) is 33.9 Å². The Labute approximate surface area is 190 Å². The van der Waals surface area contributed by atoms with Crippen LogP contribution in [0.25, 0.3) is 0 Å². The Morgan fingerprint density at radius 3 is 2.97 bits per heavy atom. The van der Waals surface area contributed by atoms with E-state index in [-0.39, 0.29) is 11.5 Å². The van der Waals surface area contributed by atoms with Gasteiger partial charge in [-0.25, -0.2) is 4.90 Å². The number of quaternary nitrogens is 1. The Bertz CT molecular complexity index is 620. The molecular formula is C21H38ClN5O2S. The monoisotopic (exact) mass is 459 g/mol. The Morgan fingerprint density at radius 2 is 2.23 bits per heavy atom. The predicted molar refractivity (Wildman–Crippen MR) is 127 cm³/mol. The minimum Gasteiger partial charge on any atom is -0.623 e. The molecule has 0 aromatic carbocycles. The number of hydroxylamine groups is 2. The van der Waals surface area contributed by atoms with Gasteiger partial charge in [-0.1, -0.05) is 18.1 Å². The molecule has 1 fully saturated rings. The first-order valence-corrected chi connectivity index (χ1v) is 12.5. The number of aryl methyl sites for hydroxylation is 1. The summed E-state index contributed by atoms with van der Waals surface area (Å²) in [5, 5.41) is 27.7. The summed E-state index contributed by atoms with van der Waals surface area (Å²) >= 11 is 7.72. The smallest absolute Gasteiger partial charge is 0.309 e. The molecule has 0 bridgehead atoms. The summed E-state index contributed by atoms with van der Waals surface area (Å²) in [6.07, 6.45) is 8.29. The molecule has 1 aromatic heterocycles. The first kappa shape index (κ1) is 25.6. The highest BCUT2D eigenvalue weighted by molar-refractivity contribution is 7.15. The third-order valence-corrected chi connectivity index (χ3v) is 7.03. The van der Waals surface area contributed by atoms with Crippen LogP contribution in [-0.2, 0) is 11.2 Å². The zero-order valence-corrected chi connectivity index (χ0v) is 20.1. The molecule has 1 aliphatic heterocycles. The Morgan fingerprint density at radius 1 is 1.40 bits per heavy atom. The van der Waals surface area contributed by atoms with Gasteiger partial charge < -0.3 is 9.94 Å². The number of aromatic nitrogens is 2. The number of allylic oxidation sites excluding steroid dienone is 1. The molecule has 2 heterocycles. The zero-order chi connectivity index (χ0) is 21.8. The number of alkyl halides is 1. The van der Waals surface area contributed by atoms with Crippen LogP contribution < -0.4 is 9.96 Å². The molecule has 1 saturated heterocycles. The molecule has 0 saturated carbocycles. The highest BCUT2D eigenvalue weighted by atomic mass is 35.5. The normalized spacial score (nSPS) is 23.1. The maximum absolute atomic E-state index is 13.9. The van der Waals surface area contributed by atoms with Crippen LogP contribution in [-0.4, -0.2) is 66.2 Å². The molecule has 1 aromatic rings. The number of halogens is 1. The van der Waals surface area contributed by atoms with Crippen molar-refractivity contribution in [2.75, 3.05) is 39.5 Å². The first-order valence-electron chi connectivity index (χ1n) is 11.2. The van der Waals surface area contributed by atoms with Gasteiger partial charge in [-0.15, -0.1) is 23.3 Å². The molecule has 30 heavy (non-hydrogen) atoms. The minimum atomic E-state index is -0.466. The molecule has 0 radical (unpaired) electrons. The third kappa shape index (κ3) is 7.82. The van der Waals surface area contributed by atoms with Gasteiger partial charge in [0.05, 0.1) is 6.54 Å². The topological polar surface area (TPSA) is 73.3 Å². The van der Waals surface area contributed by atoms with Gasteiger partial charge >= 0.3 is 5.13 Å². The second-order valence-electron chi connectivity index (χ2n) is 7.84. The SMILES string of the molecule is C=CCCCc1nnc([N+]2([O-])CN(CCCC(Cl)CC)CC2NCCCOCC)s1. The predicted octanol–water partition coefficient (Wildman–Crippen LogP) is 4.26. The van der Waals surface area contributed by atoms with E-state index >= 15 is 0 Å². The Kier molecular flexibility index (Phi) is 11.7. The molecule has 0 spiro atoms. The van der Waals surface area contributed by atoms with Crippen molar-refractivity contribution < 1.29 is 4.74 Å². The Balaban J connectivity index is 1.99. The highest BCUT2D eigenvalue weighted by Gasteiger charge is 2.43. The average molecular weight is 460 g/mol. The second-order valence-corrected chi connectivity index (χ2v) is 9.50. The summed E-state index contributed by atoms with van der Waals surface area (Å²) < 4.78 is 4.95. The van der Waals surface area contributed by atoms with Crippen molar-refractivity contribution in [1.29, 1.82) is 0 Å². The molecular weight excluding hydrogens is 422 g/mol. The number of hydrogen-bond donors (Lipinski definition) is 1. The van der Waals surface area contributed by atoms with Crippen LogP contribution in [0, 0.1) is 5.21 Å². The molecule has 0 amide bonds. The van der Waals surface area contributed by atoms with Gasteiger partial charge in [0, 0.05) is 38.1 Å². The fourth-order valence-corrected chi connectivity index (χ4v) is 4.74. The average Bonchev–Trinajstić information content (AvgIpc) is 3.33. The number of ether oxygens (including phenoxy) is 1. The zero-order valence-electron chi connectivity index (χ0n) is 18.5. The van der Waals surface area contributed by atoms with Crippen molar-refractivity contribution in [2.45, 2.75) is 70.3 Å². The van der Waals surface area contributed by atoms with E-state index in [1.807, 2.05) is 13.0 Å². The van der Waals surface area contributed by atoms with Gasteiger partial charge in [0.15, 0.2) is 6.17 Å². The van der Waals surface area contributed by atoms with Crippen molar-refractivity contribution in [3.8, 4) is 0 Å². The first-order chi connectivity index (χ1) is 14.5. The Hall–Kier alpha value is -0.610. The summed E-state index contributed by atoms with van der Waals surface area (Å²) in [5.74, 6) is 0. The number of rotatable bonds is 16. The molecule has 0 aliphatic carbocycles. The molecule has 9 heteroatoms. The summed E-state index contributed by atoms with van der Waals surface area (Å²) in [6.45, 7) is 12.0. The van der Waals surface area contributed by atoms with Crippen LogP contribution in [0.3, 0.4) is 0 Å². The van der Waals surface area contributed by atoms with Crippen LogP contribution in [0.1, 0.15) is 57.4 Å². The van der Waals surface area contributed by atoms with E-state index in [1.54, 1.807) is 0 Å². The molecule has 2 rings (SSSR count). The van der Waals surface area contributed by atoms with Crippen LogP contribution >= 0.6 is 22.9 Å². The summed E-state index contributed by atoms with van der Waals surface area (Å²) in [4.78, 5) is 2.24. The standard InChI is InChI=1S/C21H38ClN5O2S/c1-4-7-8-12-20-24-25-21(30-20)27(28)17-26(14-9-11-18(22)5-2)16-19(27)23-13-10-15-29-6-3/h4,18-19,23H,1,5-17H2,2-3H3. The van der Waals surface area contributed by atoms with E-state index < -0.39 is 4.65 Å². The van der Waals surface area contributed by atoms with E-state index in [0.717, 1.165) is 69.6 Å². The van der Waals surface area contributed by atoms with Crippen molar-refractivity contribution >= 4 is 28.1 Å². The highest BCUT2D eigenvalue weighted by Crippen LogP contribution is 2.33. The van der Waals surface area contributed by atoms with E-state index in [1.165, 1.54) is 11.3 Å². The van der Waals surface area contributed by atoms with Crippen molar-refractivity contribution in [1.82, 2.24) is 25.1 Å². The van der Waals surface area contributed by atoms with Gasteiger partial charge in [0.1, 0.15) is 11.7 Å². The van der Waals surface area contributed by atoms with Crippen LogP contribution in [0.15, 0.2) is 12.7 Å². The van der Waals surface area contributed by atoms with Crippen molar-refractivity contribution in [3.63, 3.8) is 0 Å². The molecule has 172 valence electrons. The number of nitrogens with one attached hydrogen (secondary N) is 1. The van der Waals surface area contributed by atoms with E-state index in [9.17, 15) is 5.21 Å². The van der Waals surface area contributed by atoms with Crippen LogP contribution in [0.5, 0.6) is 0 Å². The lowest BCUT2D eigenvalue weighted by Gasteiger charge is -2.39. The van der Waals surface area contributed by atoms with E-state index in [4.69, 9.17) is 16.3 Å². The van der Waals surface area contributed by atoms with Gasteiger partial charge in [0.25, 0.3) is 0 Å². The second kappa shape index (κ2) is 13.7. The van der Waals surface area contributed by atoms with E-state index in [0.29, 0.717) is 25.0 Å². The van der Waals surface area contributed by atoms with Gasteiger partial charge in [-0.05, 0) is 56.8 Å². The van der Waals surface area contributed by atoms with Gasteiger partial charge in [0.2, 0.25) is 0 Å². The fourth-order valence-electron chi connectivity index (χ4n) is 3.62. The van der Waals surface area contributed by atoms with Crippen molar-refractivity contribution in [2.24, 2.45) is 0 Å². The lowest BCUT2D eigenvalue weighted by molar-refractivity contribution is 0.142. The maximum atomic E-state index is 13.9. The quantitative estimate of drug-likeness (QED) is 0.131. The summed E-state index contributed by atoms with van der Waals surface area (Å²) in [7, 11) is 0. The van der Waals surface area contributed by atoms with Crippen LogP contribution in [0.2, 0.25) is 0 Å². The summed E-state index contributed by atoms with van der Waals surface area (Å²) in [5.41, 5.74) is 0. The molecule has 7 nitrogen and oxygen atoms in total. The maximum Gasteiger partial charge on any atom is 0.309 e. The van der Waals surface area contributed by atoms with Gasteiger partial charge in [-0.2, -0.15) is 0 Å². The summed E-state index contributed by atoms with van der Waals surface area (Å²) in [6, 6.07) is 0. The number of unbranched alkanes of at least 4 members (excludes halogenated alkanes) is 1. The lowest BCUT2D eigenvalue weighted by atomic mass is 10.2. The molecule has 1 aliphatic rings. The fraction of sp³-hybridized carbons (Fsp3) is 0.810. The van der Waals surface area contributed by atoms with Crippen LogP contribution in [0.4, 0.5) is 5.13 Å². The molecule has 1 N–H and O–H groups in total. The largest absolute Gasteiger partial charge is 0.623 e. The number of hydrogen-bond acceptors (Lipinski definition) is 7. The third-order valence-electron chi connectivity index (χ3n) is 5.41. The molecule has 3 atom stereocenters. The number of nitrogens with zero attached hydrogens (tertiary/aromatic N) is 4.